The van der Waals surface area contributed by atoms with Gasteiger partial charge in [0.2, 0.25) is 5.91 Å². The van der Waals surface area contributed by atoms with E-state index in [-0.39, 0.29) is 31.1 Å². The lowest BCUT2D eigenvalue weighted by Crippen LogP contribution is -2.39. The highest BCUT2D eigenvalue weighted by Gasteiger charge is 2.21. The highest BCUT2D eigenvalue weighted by atomic mass is 16.5. The fraction of sp³-hybridized carbons (Fsp3) is 0.875. The van der Waals surface area contributed by atoms with Crippen LogP contribution in [-0.2, 0) is 14.3 Å². The van der Waals surface area contributed by atoms with Crippen molar-refractivity contribution in [2.24, 2.45) is 5.92 Å². The third kappa shape index (κ3) is 8.71. The average molecular weight is 299 g/mol. The molecule has 0 bridgehead atoms. The van der Waals surface area contributed by atoms with Gasteiger partial charge in [-0.25, -0.2) is 0 Å². The Labute approximate surface area is 127 Å². The van der Waals surface area contributed by atoms with Gasteiger partial charge in [0.1, 0.15) is 6.61 Å². The molecule has 0 aromatic heterocycles. The molecule has 0 aromatic rings. The topological polar surface area (TPSA) is 75.6 Å². The monoisotopic (exact) mass is 299 g/mol. The zero-order valence-electron chi connectivity index (χ0n) is 13.3. The Hall–Kier alpha value is -1.10. The van der Waals surface area contributed by atoms with Crippen LogP contribution in [0, 0.1) is 5.92 Å². The lowest BCUT2D eigenvalue weighted by molar-refractivity contribution is -0.137. The minimum absolute atomic E-state index is 0.0200. The molecule has 0 radical (unpaired) electrons. The summed E-state index contributed by atoms with van der Waals surface area (Å²) in [7, 11) is 0. The molecule has 1 saturated carbocycles. The van der Waals surface area contributed by atoms with E-state index in [1.165, 1.54) is 32.1 Å². The second kappa shape index (κ2) is 9.77. The van der Waals surface area contributed by atoms with Gasteiger partial charge in [0.15, 0.2) is 0 Å². The van der Waals surface area contributed by atoms with E-state index in [4.69, 9.17) is 9.84 Å². The largest absolute Gasteiger partial charge is 0.481 e. The molecule has 1 amide bonds. The standard InChI is InChI=1S/C16H29NO4/c1-12(2)21-11-15(18)17-14(8-9-16(19)20)10-13-6-4-3-5-7-13/h12-14H,3-11H2,1-2H3,(H,17,18)(H,19,20). The number of carboxylic acids is 1. The second-order valence-electron chi connectivity index (χ2n) is 6.30. The normalized spacial score (nSPS) is 17.7. The summed E-state index contributed by atoms with van der Waals surface area (Å²) in [6, 6.07) is -0.0486. The number of nitrogens with one attached hydrogen (secondary N) is 1. The van der Waals surface area contributed by atoms with Crippen molar-refractivity contribution in [3.05, 3.63) is 0 Å². The van der Waals surface area contributed by atoms with Crippen LogP contribution in [0.1, 0.15) is 65.2 Å². The molecule has 0 heterocycles. The maximum absolute atomic E-state index is 11.9. The molecule has 1 aliphatic carbocycles. The van der Waals surface area contributed by atoms with E-state index in [0.717, 1.165) is 6.42 Å². The fourth-order valence-corrected chi connectivity index (χ4v) is 2.88. The van der Waals surface area contributed by atoms with E-state index in [1.807, 2.05) is 13.8 Å². The van der Waals surface area contributed by atoms with Gasteiger partial charge in [-0.15, -0.1) is 0 Å². The molecule has 0 aliphatic heterocycles. The van der Waals surface area contributed by atoms with Crippen LogP contribution in [0.15, 0.2) is 0 Å². The Morgan fingerprint density at radius 2 is 1.90 bits per heavy atom. The predicted molar refractivity (Wildman–Crippen MR) is 81.1 cm³/mol. The minimum Gasteiger partial charge on any atom is -0.481 e. The number of rotatable bonds is 9. The van der Waals surface area contributed by atoms with Crippen LogP contribution in [0.3, 0.4) is 0 Å². The lowest BCUT2D eigenvalue weighted by atomic mass is 9.84. The van der Waals surface area contributed by atoms with Gasteiger partial charge < -0.3 is 15.2 Å². The second-order valence-corrected chi connectivity index (χ2v) is 6.30. The molecule has 1 unspecified atom stereocenters. The summed E-state index contributed by atoms with van der Waals surface area (Å²) in [5.74, 6) is -0.338. The van der Waals surface area contributed by atoms with Gasteiger partial charge >= 0.3 is 5.97 Å². The first kappa shape index (κ1) is 18.0. The van der Waals surface area contributed by atoms with Crippen LogP contribution in [-0.4, -0.2) is 35.7 Å². The van der Waals surface area contributed by atoms with Gasteiger partial charge in [0, 0.05) is 12.5 Å². The maximum Gasteiger partial charge on any atom is 0.303 e. The summed E-state index contributed by atoms with van der Waals surface area (Å²) in [4.78, 5) is 22.6. The van der Waals surface area contributed by atoms with Gasteiger partial charge in [-0.2, -0.15) is 0 Å². The van der Waals surface area contributed by atoms with E-state index in [9.17, 15) is 9.59 Å². The molecule has 0 aromatic carbocycles. The highest BCUT2D eigenvalue weighted by molar-refractivity contribution is 5.77. The molecule has 1 rings (SSSR count). The number of aliphatic carboxylic acids is 1. The van der Waals surface area contributed by atoms with Gasteiger partial charge in [-0.05, 0) is 32.6 Å². The van der Waals surface area contributed by atoms with Crippen LogP contribution in [0.25, 0.3) is 0 Å². The Morgan fingerprint density at radius 1 is 1.24 bits per heavy atom. The molecule has 1 aliphatic rings. The van der Waals surface area contributed by atoms with Crippen molar-refractivity contribution >= 4 is 11.9 Å². The van der Waals surface area contributed by atoms with Crippen molar-refractivity contribution in [1.82, 2.24) is 5.32 Å². The molecule has 0 saturated heterocycles. The number of ether oxygens (including phenoxy) is 1. The molecule has 122 valence electrons. The summed E-state index contributed by atoms with van der Waals surface area (Å²) in [5.41, 5.74) is 0. The number of carbonyl (C=O) groups is 2. The van der Waals surface area contributed by atoms with Gasteiger partial charge in [-0.1, -0.05) is 32.1 Å². The van der Waals surface area contributed by atoms with Crippen molar-refractivity contribution in [1.29, 1.82) is 0 Å². The SMILES string of the molecule is CC(C)OCC(=O)NC(CCC(=O)O)CC1CCCCC1. The Bertz CT molecular complexity index is 324. The third-order valence-electron chi connectivity index (χ3n) is 3.96. The van der Waals surface area contributed by atoms with E-state index < -0.39 is 5.97 Å². The molecule has 2 N–H and O–H groups in total. The van der Waals surface area contributed by atoms with Crippen molar-refractivity contribution in [3.63, 3.8) is 0 Å². The zero-order chi connectivity index (χ0) is 15.7. The van der Waals surface area contributed by atoms with Crippen molar-refractivity contribution < 1.29 is 19.4 Å². The first-order chi connectivity index (χ1) is 9.97. The number of hydrogen-bond acceptors (Lipinski definition) is 3. The summed E-state index contributed by atoms with van der Waals surface area (Å²) in [6.07, 6.45) is 7.70. The first-order valence-corrected chi connectivity index (χ1v) is 8.10. The first-order valence-electron chi connectivity index (χ1n) is 8.10. The molecule has 0 spiro atoms. The summed E-state index contributed by atoms with van der Waals surface area (Å²) in [6.45, 7) is 3.82. The number of carboxylic acid groups (broad SMARTS) is 1. The molecule has 5 heteroatoms. The number of amides is 1. The molecular formula is C16H29NO4. The van der Waals surface area contributed by atoms with Gasteiger partial charge in [0.05, 0.1) is 6.10 Å². The minimum atomic E-state index is -0.809. The summed E-state index contributed by atoms with van der Waals surface area (Å²) < 4.78 is 5.29. The van der Waals surface area contributed by atoms with Crippen molar-refractivity contribution in [3.8, 4) is 0 Å². The van der Waals surface area contributed by atoms with Crippen LogP contribution in [0.4, 0.5) is 0 Å². The van der Waals surface area contributed by atoms with E-state index in [1.54, 1.807) is 0 Å². The molecule has 21 heavy (non-hydrogen) atoms. The molecule has 1 fully saturated rings. The maximum atomic E-state index is 11.9. The molecular weight excluding hydrogens is 270 g/mol. The van der Waals surface area contributed by atoms with Crippen LogP contribution < -0.4 is 5.32 Å². The number of carbonyl (C=O) groups excluding carboxylic acids is 1. The quantitative estimate of drug-likeness (QED) is 0.686. The zero-order valence-corrected chi connectivity index (χ0v) is 13.3. The highest BCUT2D eigenvalue weighted by Crippen LogP contribution is 2.28. The molecule has 5 nitrogen and oxygen atoms in total. The predicted octanol–water partition coefficient (Wildman–Crippen LogP) is 2.73. The Balaban J connectivity index is 2.42. The van der Waals surface area contributed by atoms with Gasteiger partial charge in [0.25, 0.3) is 0 Å². The Morgan fingerprint density at radius 3 is 2.48 bits per heavy atom. The van der Waals surface area contributed by atoms with E-state index in [2.05, 4.69) is 5.32 Å². The van der Waals surface area contributed by atoms with Crippen LogP contribution >= 0.6 is 0 Å². The van der Waals surface area contributed by atoms with Crippen LogP contribution in [0.2, 0.25) is 0 Å². The third-order valence-corrected chi connectivity index (χ3v) is 3.96. The van der Waals surface area contributed by atoms with Crippen molar-refractivity contribution in [2.45, 2.75) is 77.4 Å². The van der Waals surface area contributed by atoms with Crippen molar-refractivity contribution in [2.75, 3.05) is 6.61 Å². The summed E-state index contributed by atoms with van der Waals surface area (Å²) in [5, 5.41) is 11.8. The van der Waals surface area contributed by atoms with E-state index in [0.29, 0.717) is 12.3 Å². The van der Waals surface area contributed by atoms with Gasteiger partial charge in [-0.3, -0.25) is 9.59 Å². The fourth-order valence-electron chi connectivity index (χ4n) is 2.88. The smallest absolute Gasteiger partial charge is 0.303 e. The molecule has 1 atom stereocenters. The number of hydrogen-bond donors (Lipinski definition) is 2. The lowest BCUT2D eigenvalue weighted by Gasteiger charge is -2.27. The average Bonchev–Trinajstić information content (AvgIpc) is 2.43. The Kier molecular flexibility index (Phi) is 8.35. The summed E-state index contributed by atoms with van der Waals surface area (Å²) >= 11 is 0. The van der Waals surface area contributed by atoms with E-state index >= 15 is 0 Å². The van der Waals surface area contributed by atoms with Crippen LogP contribution in [0.5, 0.6) is 0 Å².